The van der Waals surface area contributed by atoms with Gasteiger partial charge in [0.25, 0.3) is 0 Å². The van der Waals surface area contributed by atoms with Crippen molar-refractivity contribution in [3.05, 3.63) is 40.6 Å². The third kappa shape index (κ3) is 3.66. The summed E-state index contributed by atoms with van der Waals surface area (Å²) in [4.78, 5) is 18.3. The normalized spacial score (nSPS) is 19.2. The van der Waals surface area contributed by atoms with Gasteiger partial charge in [-0.15, -0.1) is 0 Å². The Bertz CT molecular complexity index is 676. The molecule has 21 heavy (non-hydrogen) atoms. The van der Waals surface area contributed by atoms with Gasteiger partial charge < -0.3 is 0 Å². The summed E-state index contributed by atoms with van der Waals surface area (Å²) in [7, 11) is 0. The fourth-order valence-electron chi connectivity index (χ4n) is 2.69. The van der Waals surface area contributed by atoms with E-state index in [-0.39, 0.29) is 5.78 Å². The number of fused-ring (bicyclic) bond motifs is 1. The van der Waals surface area contributed by atoms with Crippen LogP contribution in [0.1, 0.15) is 12.1 Å². The van der Waals surface area contributed by atoms with E-state index in [2.05, 4.69) is 20.9 Å². The van der Waals surface area contributed by atoms with Gasteiger partial charge in [0.15, 0.2) is 5.78 Å². The lowest BCUT2D eigenvalue weighted by Crippen LogP contribution is -2.29. The van der Waals surface area contributed by atoms with Crippen LogP contribution < -0.4 is 0 Å². The SMILES string of the molecule is O=C(Cc1cc2cc(Br)ccc2cn1)CN1CC[C@@H](F)C1. The van der Waals surface area contributed by atoms with Crippen molar-refractivity contribution in [2.24, 2.45) is 0 Å². The van der Waals surface area contributed by atoms with Crippen LogP contribution in [0.4, 0.5) is 4.39 Å². The van der Waals surface area contributed by atoms with Crippen molar-refractivity contribution in [1.82, 2.24) is 9.88 Å². The van der Waals surface area contributed by atoms with E-state index >= 15 is 0 Å². The highest BCUT2D eigenvalue weighted by atomic mass is 79.9. The molecular weight excluding hydrogens is 335 g/mol. The molecule has 2 aromatic rings. The molecule has 0 saturated carbocycles. The molecule has 0 radical (unpaired) electrons. The molecule has 0 bridgehead atoms. The minimum Gasteiger partial charge on any atom is -0.298 e. The maximum Gasteiger partial charge on any atom is 0.152 e. The van der Waals surface area contributed by atoms with Crippen LogP contribution in [0, 0.1) is 0 Å². The number of alkyl halides is 1. The number of hydrogen-bond acceptors (Lipinski definition) is 3. The summed E-state index contributed by atoms with van der Waals surface area (Å²) < 4.78 is 14.1. The average molecular weight is 351 g/mol. The minimum absolute atomic E-state index is 0.0888. The van der Waals surface area contributed by atoms with Crippen molar-refractivity contribution in [3.63, 3.8) is 0 Å². The highest BCUT2D eigenvalue weighted by molar-refractivity contribution is 9.10. The van der Waals surface area contributed by atoms with Gasteiger partial charge in [-0.25, -0.2) is 4.39 Å². The third-order valence-corrected chi connectivity index (χ3v) is 4.23. The van der Waals surface area contributed by atoms with E-state index < -0.39 is 6.17 Å². The Balaban J connectivity index is 1.68. The number of likely N-dealkylation sites (tertiary alicyclic amines) is 1. The van der Waals surface area contributed by atoms with Crippen LogP contribution in [0.15, 0.2) is 34.9 Å². The van der Waals surface area contributed by atoms with Gasteiger partial charge in [-0.05, 0) is 30.0 Å². The monoisotopic (exact) mass is 350 g/mol. The van der Waals surface area contributed by atoms with Gasteiger partial charge in [0.05, 0.1) is 13.0 Å². The maximum absolute atomic E-state index is 13.1. The molecular formula is C16H16BrFN2O. The lowest BCUT2D eigenvalue weighted by Gasteiger charge is -2.13. The first kappa shape index (κ1) is 14.6. The smallest absolute Gasteiger partial charge is 0.152 e. The molecule has 0 amide bonds. The predicted octanol–water partition coefficient (Wildman–Crippen LogP) is 3.15. The van der Waals surface area contributed by atoms with Crippen LogP contribution in [0.5, 0.6) is 0 Å². The van der Waals surface area contributed by atoms with Crippen molar-refractivity contribution >= 4 is 32.5 Å². The molecule has 5 heteroatoms. The molecule has 3 rings (SSSR count). The Morgan fingerprint density at radius 2 is 2.24 bits per heavy atom. The zero-order valence-corrected chi connectivity index (χ0v) is 13.1. The lowest BCUT2D eigenvalue weighted by atomic mass is 10.1. The number of pyridine rings is 1. The highest BCUT2D eigenvalue weighted by Crippen LogP contribution is 2.20. The maximum atomic E-state index is 13.1. The molecule has 1 aromatic heterocycles. The summed E-state index contributed by atoms with van der Waals surface area (Å²) in [5, 5.41) is 2.11. The summed E-state index contributed by atoms with van der Waals surface area (Å²) in [5.74, 6) is 0.0888. The second kappa shape index (κ2) is 6.20. The molecule has 2 heterocycles. The average Bonchev–Trinajstić information content (AvgIpc) is 2.83. The second-order valence-electron chi connectivity index (χ2n) is 5.50. The fourth-order valence-corrected chi connectivity index (χ4v) is 3.07. The summed E-state index contributed by atoms with van der Waals surface area (Å²) in [5.41, 5.74) is 0.765. The highest BCUT2D eigenvalue weighted by Gasteiger charge is 2.23. The standard InChI is InChI=1S/C16H16BrFN2O/c17-13-2-1-11-8-19-15(6-12(11)5-13)7-16(21)10-20-4-3-14(18)9-20/h1-2,5-6,8,14H,3-4,7,9-10H2/t14-/m1/s1. The van der Waals surface area contributed by atoms with Gasteiger partial charge in [-0.2, -0.15) is 0 Å². The molecule has 1 atom stereocenters. The Morgan fingerprint density at radius 3 is 3.00 bits per heavy atom. The molecule has 110 valence electrons. The van der Waals surface area contributed by atoms with Gasteiger partial charge >= 0.3 is 0 Å². The van der Waals surface area contributed by atoms with Gasteiger partial charge in [0, 0.05) is 34.8 Å². The molecule has 1 aliphatic rings. The third-order valence-electron chi connectivity index (χ3n) is 3.73. The Kier molecular flexibility index (Phi) is 4.31. The number of hydrogen-bond donors (Lipinski definition) is 0. The van der Waals surface area contributed by atoms with E-state index in [1.165, 1.54) is 0 Å². The van der Waals surface area contributed by atoms with Crippen LogP contribution in [-0.2, 0) is 11.2 Å². The zero-order valence-electron chi connectivity index (χ0n) is 11.6. The minimum atomic E-state index is -0.783. The van der Waals surface area contributed by atoms with E-state index in [4.69, 9.17) is 0 Å². The summed E-state index contributed by atoms with van der Waals surface area (Å²) in [6, 6.07) is 7.91. The fraction of sp³-hybridized carbons (Fsp3) is 0.375. The van der Waals surface area contributed by atoms with Crippen molar-refractivity contribution < 1.29 is 9.18 Å². The zero-order chi connectivity index (χ0) is 14.8. The number of nitrogens with zero attached hydrogens (tertiary/aromatic N) is 2. The van der Waals surface area contributed by atoms with Crippen LogP contribution in [-0.4, -0.2) is 41.5 Å². The number of benzene rings is 1. The Labute approximate surface area is 131 Å². The molecule has 0 unspecified atom stereocenters. The van der Waals surface area contributed by atoms with E-state index in [1.807, 2.05) is 29.2 Å². The topological polar surface area (TPSA) is 33.2 Å². The van der Waals surface area contributed by atoms with E-state index in [1.54, 1.807) is 6.20 Å². The largest absolute Gasteiger partial charge is 0.298 e. The molecule has 1 saturated heterocycles. The number of aromatic nitrogens is 1. The Hall–Kier alpha value is -1.33. The number of ketones is 1. The van der Waals surface area contributed by atoms with Crippen molar-refractivity contribution in [2.45, 2.75) is 19.0 Å². The number of carbonyl (C=O) groups excluding carboxylic acids is 1. The first-order valence-electron chi connectivity index (χ1n) is 7.02. The number of Topliss-reactive ketones (excluding diaryl/α,β-unsaturated/α-hetero) is 1. The van der Waals surface area contributed by atoms with Crippen LogP contribution in [0.2, 0.25) is 0 Å². The van der Waals surface area contributed by atoms with Crippen molar-refractivity contribution in [2.75, 3.05) is 19.6 Å². The van der Waals surface area contributed by atoms with Crippen LogP contribution in [0.25, 0.3) is 10.8 Å². The molecule has 1 fully saturated rings. The number of carbonyl (C=O) groups is 1. The lowest BCUT2D eigenvalue weighted by molar-refractivity contribution is -0.119. The van der Waals surface area contributed by atoms with Crippen molar-refractivity contribution in [1.29, 1.82) is 0 Å². The first-order chi connectivity index (χ1) is 10.1. The summed E-state index contributed by atoms with van der Waals surface area (Å²) >= 11 is 3.44. The molecule has 1 aliphatic heterocycles. The number of rotatable bonds is 4. The van der Waals surface area contributed by atoms with E-state index in [9.17, 15) is 9.18 Å². The first-order valence-corrected chi connectivity index (χ1v) is 7.82. The second-order valence-corrected chi connectivity index (χ2v) is 6.42. The Morgan fingerprint density at radius 1 is 1.38 bits per heavy atom. The van der Waals surface area contributed by atoms with E-state index in [0.29, 0.717) is 32.5 Å². The quantitative estimate of drug-likeness (QED) is 0.849. The van der Waals surface area contributed by atoms with Crippen LogP contribution >= 0.6 is 15.9 Å². The predicted molar refractivity (Wildman–Crippen MR) is 84.1 cm³/mol. The number of halogens is 2. The van der Waals surface area contributed by atoms with E-state index in [0.717, 1.165) is 20.9 Å². The summed E-state index contributed by atoms with van der Waals surface area (Å²) in [6.45, 7) is 1.37. The molecule has 0 N–H and O–H groups in total. The molecule has 1 aromatic carbocycles. The van der Waals surface area contributed by atoms with Gasteiger partial charge in [0.2, 0.25) is 0 Å². The van der Waals surface area contributed by atoms with Gasteiger partial charge in [0.1, 0.15) is 6.17 Å². The molecule has 3 nitrogen and oxygen atoms in total. The molecule has 0 spiro atoms. The van der Waals surface area contributed by atoms with Gasteiger partial charge in [-0.3, -0.25) is 14.7 Å². The summed E-state index contributed by atoms with van der Waals surface area (Å²) in [6.07, 6.45) is 1.84. The van der Waals surface area contributed by atoms with Crippen LogP contribution in [0.3, 0.4) is 0 Å². The molecule has 0 aliphatic carbocycles. The van der Waals surface area contributed by atoms with Gasteiger partial charge in [-0.1, -0.05) is 22.0 Å². The van der Waals surface area contributed by atoms with Crippen molar-refractivity contribution in [3.8, 4) is 0 Å².